The maximum atomic E-state index is 12.2. The molecule has 4 heteroatoms. The first-order valence-electron chi connectivity index (χ1n) is 6.16. The normalized spacial score (nSPS) is 16.1. The van der Waals surface area contributed by atoms with Gasteiger partial charge in [-0.15, -0.1) is 0 Å². The van der Waals surface area contributed by atoms with Crippen molar-refractivity contribution in [2.45, 2.75) is 32.7 Å². The average Bonchev–Trinajstić information content (AvgIpc) is 3.07. The molecule has 1 aliphatic carbocycles. The molecule has 0 aromatic heterocycles. The first kappa shape index (κ1) is 13.0. The molecule has 96 valence electrons. The van der Waals surface area contributed by atoms with E-state index >= 15 is 0 Å². The Morgan fingerprint density at radius 1 is 1.33 bits per heavy atom. The summed E-state index contributed by atoms with van der Waals surface area (Å²) in [6.45, 7) is 3.96. The third-order valence-corrected chi connectivity index (χ3v) is 3.42. The summed E-state index contributed by atoms with van der Waals surface area (Å²) in [6.07, 6.45) is 2.18. The molecule has 1 saturated carbocycles. The number of amides is 1. The van der Waals surface area contributed by atoms with Gasteiger partial charge in [0.25, 0.3) is 5.91 Å². The van der Waals surface area contributed by atoms with Crippen LogP contribution in [-0.4, -0.2) is 16.9 Å². The van der Waals surface area contributed by atoms with Gasteiger partial charge in [-0.1, -0.05) is 29.4 Å². The van der Waals surface area contributed by atoms with Gasteiger partial charge in [-0.05, 0) is 44.7 Å². The molecule has 1 aromatic carbocycles. The highest BCUT2D eigenvalue weighted by Crippen LogP contribution is 2.32. The van der Waals surface area contributed by atoms with Gasteiger partial charge in [-0.2, -0.15) is 0 Å². The number of rotatable bonds is 4. The number of hydrogen-bond acceptors (Lipinski definition) is 2. The SMILES string of the molecule is Cc1cc(C)cc(C(=O)NC(C(N)=S)C2CC2)c1. The van der Waals surface area contributed by atoms with Gasteiger partial charge < -0.3 is 11.1 Å². The minimum Gasteiger partial charge on any atom is -0.392 e. The Balaban J connectivity index is 2.13. The van der Waals surface area contributed by atoms with Crippen LogP contribution in [0.2, 0.25) is 0 Å². The number of hydrogen-bond donors (Lipinski definition) is 2. The molecule has 1 atom stereocenters. The minimum absolute atomic E-state index is 0.0912. The second-order valence-corrected chi connectivity index (χ2v) is 5.54. The fraction of sp³-hybridized carbons (Fsp3) is 0.429. The van der Waals surface area contributed by atoms with Crippen molar-refractivity contribution in [1.29, 1.82) is 0 Å². The summed E-state index contributed by atoms with van der Waals surface area (Å²) in [5.41, 5.74) is 8.52. The number of carbonyl (C=O) groups is 1. The fourth-order valence-corrected chi connectivity index (χ4v) is 2.43. The van der Waals surface area contributed by atoms with Gasteiger partial charge in [-0.25, -0.2) is 0 Å². The Morgan fingerprint density at radius 2 is 1.89 bits per heavy atom. The van der Waals surface area contributed by atoms with E-state index in [-0.39, 0.29) is 11.9 Å². The smallest absolute Gasteiger partial charge is 0.251 e. The molecule has 0 bridgehead atoms. The van der Waals surface area contributed by atoms with Gasteiger partial charge in [0.1, 0.15) is 0 Å². The van der Waals surface area contributed by atoms with Crippen molar-refractivity contribution in [1.82, 2.24) is 5.32 Å². The van der Waals surface area contributed by atoms with E-state index in [0.29, 0.717) is 16.5 Å². The van der Waals surface area contributed by atoms with Crippen molar-refractivity contribution in [3.63, 3.8) is 0 Å². The zero-order valence-corrected chi connectivity index (χ0v) is 11.5. The molecule has 18 heavy (non-hydrogen) atoms. The van der Waals surface area contributed by atoms with Gasteiger partial charge in [0.15, 0.2) is 0 Å². The molecule has 1 unspecified atom stereocenters. The predicted molar refractivity (Wildman–Crippen MR) is 76.7 cm³/mol. The molecule has 0 spiro atoms. The van der Waals surface area contributed by atoms with Crippen molar-refractivity contribution < 1.29 is 4.79 Å². The zero-order valence-electron chi connectivity index (χ0n) is 10.7. The highest BCUT2D eigenvalue weighted by molar-refractivity contribution is 7.80. The molecule has 1 fully saturated rings. The van der Waals surface area contributed by atoms with Crippen molar-refractivity contribution in [2.75, 3.05) is 0 Å². The van der Waals surface area contributed by atoms with Crippen LogP contribution in [0.1, 0.15) is 34.3 Å². The summed E-state index contributed by atoms with van der Waals surface area (Å²) in [7, 11) is 0. The highest BCUT2D eigenvalue weighted by atomic mass is 32.1. The van der Waals surface area contributed by atoms with E-state index in [9.17, 15) is 4.79 Å². The maximum absolute atomic E-state index is 12.2. The van der Waals surface area contributed by atoms with E-state index in [1.54, 1.807) is 0 Å². The Hall–Kier alpha value is -1.42. The lowest BCUT2D eigenvalue weighted by molar-refractivity contribution is 0.0943. The van der Waals surface area contributed by atoms with E-state index in [4.69, 9.17) is 18.0 Å². The Labute approximate surface area is 113 Å². The summed E-state index contributed by atoms with van der Waals surface area (Å²) in [5.74, 6) is 0.337. The molecule has 3 nitrogen and oxygen atoms in total. The molecule has 1 aliphatic rings. The van der Waals surface area contributed by atoms with Crippen LogP contribution in [0.3, 0.4) is 0 Å². The van der Waals surface area contributed by atoms with Crippen LogP contribution < -0.4 is 11.1 Å². The lowest BCUT2D eigenvalue weighted by Crippen LogP contribution is -2.45. The molecule has 2 rings (SSSR count). The lowest BCUT2D eigenvalue weighted by atomic mass is 10.1. The van der Waals surface area contributed by atoms with Crippen LogP contribution in [-0.2, 0) is 0 Å². The summed E-state index contributed by atoms with van der Waals surface area (Å²) in [5, 5.41) is 2.94. The summed E-state index contributed by atoms with van der Waals surface area (Å²) in [4.78, 5) is 12.6. The van der Waals surface area contributed by atoms with Gasteiger partial charge in [0.05, 0.1) is 11.0 Å². The van der Waals surface area contributed by atoms with E-state index < -0.39 is 0 Å². The van der Waals surface area contributed by atoms with Crippen LogP contribution >= 0.6 is 12.2 Å². The largest absolute Gasteiger partial charge is 0.392 e. The summed E-state index contributed by atoms with van der Waals surface area (Å²) in [6, 6.07) is 5.65. The standard InChI is InChI=1S/C14H18N2OS/c1-8-5-9(2)7-11(6-8)14(17)16-12(13(15)18)10-3-4-10/h5-7,10,12H,3-4H2,1-2H3,(H2,15,18)(H,16,17). The third kappa shape index (κ3) is 3.07. The van der Waals surface area contributed by atoms with Gasteiger partial charge in [0, 0.05) is 5.56 Å². The molecule has 0 heterocycles. The van der Waals surface area contributed by atoms with Crippen LogP contribution in [0, 0.1) is 19.8 Å². The van der Waals surface area contributed by atoms with Gasteiger partial charge >= 0.3 is 0 Å². The van der Waals surface area contributed by atoms with Gasteiger partial charge in [-0.3, -0.25) is 4.79 Å². The molecule has 3 N–H and O–H groups in total. The number of nitrogens with two attached hydrogens (primary N) is 1. The van der Waals surface area contributed by atoms with Crippen LogP contribution in [0.5, 0.6) is 0 Å². The van der Waals surface area contributed by atoms with Crippen molar-refractivity contribution in [3.05, 3.63) is 34.9 Å². The summed E-state index contributed by atoms with van der Waals surface area (Å²) < 4.78 is 0. The first-order valence-corrected chi connectivity index (χ1v) is 6.56. The average molecular weight is 262 g/mol. The Morgan fingerprint density at radius 3 is 2.33 bits per heavy atom. The van der Waals surface area contributed by atoms with Crippen LogP contribution in [0.15, 0.2) is 18.2 Å². The molecule has 0 saturated heterocycles. The third-order valence-electron chi connectivity index (χ3n) is 3.17. The van der Waals surface area contributed by atoms with Gasteiger partial charge in [0.2, 0.25) is 0 Å². The zero-order chi connectivity index (χ0) is 13.3. The lowest BCUT2D eigenvalue weighted by Gasteiger charge is -2.17. The quantitative estimate of drug-likeness (QED) is 0.817. The topological polar surface area (TPSA) is 55.1 Å². The van der Waals surface area contributed by atoms with E-state index in [1.807, 2.05) is 32.0 Å². The van der Waals surface area contributed by atoms with E-state index in [0.717, 1.165) is 24.0 Å². The Bertz CT molecular complexity index is 474. The number of carbonyl (C=O) groups excluding carboxylic acids is 1. The van der Waals surface area contributed by atoms with Crippen LogP contribution in [0.25, 0.3) is 0 Å². The fourth-order valence-electron chi connectivity index (χ4n) is 2.18. The molecule has 0 radical (unpaired) electrons. The molecular weight excluding hydrogens is 244 g/mol. The highest BCUT2D eigenvalue weighted by Gasteiger charge is 2.34. The number of thiocarbonyl (C=S) groups is 1. The van der Waals surface area contributed by atoms with E-state index in [2.05, 4.69) is 5.32 Å². The van der Waals surface area contributed by atoms with Crippen molar-refractivity contribution >= 4 is 23.1 Å². The predicted octanol–water partition coefficient (Wildman–Crippen LogP) is 2.10. The number of benzene rings is 1. The minimum atomic E-state index is -0.159. The van der Waals surface area contributed by atoms with E-state index in [1.165, 1.54) is 0 Å². The molecule has 1 aromatic rings. The number of aryl methyl sites for hydroxylation is 2. The number of nitrogens with one attached hydrogen (secondary N) is 1. The summed E-state index contributed by atoms with van der Waals surface area (Å²) >= 11 is 5.02. The second-order valence-electron chi connectivity index (χ2n) is 5.07. The Kier molecular flexibility index (Phi) is 3.66. The molecule has 0 aliphatic heterocycles. The molecule has 1 amide bonds. The monoisotopic (exact) mass is 262 g/mol. The molecular formula is C14H18N2OS. The van der Waals surface area contributed by atoms with Crippen LogP contribution in [0.4, 0.5) is 0 Å². The van der Waals surface area contributed by atoms with Crippen molar-refractivity contribution in [2.24, 2.45) is 11.7 Å². The first-order chi connectivity index (χ1) is 8.47. The maximum Gasteiger partial charge on any atom is 0.251 e. The second kappa shape index (κ2) is 5.06. The van der Waals surface area contributed by atoms with Crippen molar-refractivity contribution in [3.8, 4) is 0 Å².